The van der Waals surface area contributed by atoms with Crippen molar-refractivity contribution in [3.8, 4) is 5.75 Å². The summed E-state index contributed by atoms with van der Waals surface area (Å²) in [4.78, 5) is 24.2. The number of ether oxygens (including phenoxy) is 1. The average molecular weight is 502 g/mol. The first-order valence-corrected chi connectivity index (χ1v) is 12.7. The van der Waals surface area contributed by atoms with Gasteiger partial charge in [-0.05, 0) is 61.7 Å². The lowest BCUT2D eigenvalue weighted by molar-refractivity contribution is -0.385. The molecule has 0 aliphatic rings. The Morgan fingerprint density at radius 1 is 1.12 bits per heavy atom. The van der Waals surface area contributed by atoms with Gasteiger partial charge in [0.15, 0.2) is 0 Å². The number of methoxy groups -OCH3 is 1. The number of sulfonamides is 1. The number of amides is 1. The highest BCUT2D eigenvalue weighted by Crippen LogP contribution is 2.29. The topological polar surface area (TPSA) is 119 Å². The largest absolute Gasteiger partial charge is 0.497 e. The predicted molar refractivity (Wildman–Crippen MR) is 132 cm³/mol. The van der Waals surface area contributed by atoms with Gasteiger partial charge in [-0.1, -0.05) is 12.1 Å². The molecule has 0 saturated heterocycles. The summed E-state index contributed by atoms with van der Waals surface area (Å²) in [5, 5.41) is 14.1. The molecule has 0 fully saturated rings. The van der Waals surface area contributed by atoms with E-state index in [0.29, 0.717) is 17.0 Å². The summed E-state index contributed by atoms with van der Waals surface area (Å²) in [5.74, 6) is -0.0651. The summed E-state index contributed by atoms with van der Waals surface area (Å²) < 4.78 is 33.1. The molecule has 1 amide bonds. The zero-order valence-corrected chi connectivity index (χ0v) is 20.4. The van der Waals surface area contributed by atoms with Crippen molar-refractivity contribution in [1.29, 1.82) is 0 Å². The number of nitro groups is 1. The Hall–Kier alpha value is -3.57. The number of hydrogen-bond acceptors (Lipinski definition) is 7. The quantitative estimate of drug-likeness (QED) is 0.261. The molecule has 0 bridgehead atoms. The highest BCUT2D eigenvalue weighted by atomic mass is 32.2. The molecule has 0 radical (unpaired) electrons. The van der Waals surface area contributed by atoms with Gasteiger partial charge < -0.3 is 10.1 Å². The molecule has 0 saturated carbocycles. The molecule has 0 atom stereocenters. The molecular formula is C23H23N3O6S2. The van der Waals surface area contributed by atoms with E-state index >= 15 is 0 Å². The Morgan fingerprint density at radius 2 is 1.82 bits per heavy atom. The highest BCUT2D eigenvalue weighted by molar-refractivity contribution is 7.98. The Bertz CT molecular complexity index is 1310. The molecule has 0 unspecified atom stereocenters. The molecule has 3 rings (SSSR count). The van der Waals surface area contributed by atoms with E-state index in [0.717, 1.165) is 15.3 Å². The lowest BCUT2D eigenvalue weighted by Gasteiger charge is -2.24. The Balaban J connectivity index is 2.00. The van der Waals surface area contributed by atoms with Crippen LogP contribution in [0.25, 0.3) is 0 Å². The first-order valence-electron chi connectivity index (χ1n) is 10.0. The zero-order valence-electron chi connectivity index (χ0n) is 18.7. The molecule has 0 aromatic heterocycles. The van der Waals surface area contributed by atoms with Gasteiger partial charge in [0.25, 0.3) is 15.7 Å². The summed E-state index contributed by atoms with van der Waals surface area (Å²) in [6.07, 6.45) is 1.90. The van der Waals surface area contributed by atoms with E-state index in [2.05, 4.69) is 5.32 Å². The molecule has 9 nitrogen and oxygen atoms in total. The van der Waals surface area contributed by atoms with Crippen molar-refractivity contribution < 1.29 is 22.9 Å². The van der Waals surface area contributed by atoms with Crippen LogP contribution in [0.2, 0.25) is 0 Å². The van der Waals surface area contributed by atoms with E-state index < -0.39 is 27.4 Å². The first-order chi connectivity index (χ1) is 16.1. The fourth-order valence-electron chi connectivity index (χ4n) is 3.17. The summed E-state index contributed by atoms with van der Waals surface area (Å²) in [6.45, 7) is 0.978. The van der Waals surface area contributed by atoms with Crippen LogP contribution in [-0.4, -0.2) is 39.2 Å². The summed E-state index contributed by atoms with van der Waals surface area (Å²) in [7, 11) is -2.85. The van der Waals surface area contributed by atoms with Crippen molar-refractivity contribution >= 4 is 44.8 Å². The van der Waals surface area contributed by atoms with Crippen LogP contribution < -0.4 is 14.4 Å². The minimum Gasteiger partial charge on any atom is -0.497 e. The lowest BCUT2D eigenvalue weighted by Crippen LogP contribution is -2.38. The number of nitrogens with one attached hydrogen (secondary N) is 1. The second kappa shape index (κ2) is 10.6. The fraction of sp³-hybridized carbons (Fsp3) is 0.174. The van der Waals surface area contributed by atoms with E-state index in [1.54, 1.807) is 30.3 Å². The van der Waals surface area contributed by atoms with Gasteiger partial charge in [0.1, 0.15) is 12.3 Å². The third-order valence-corrected chi connectivity index (χ3v) is 7.46. The smallest absolute Gasteiger partial charge is 0.273 e. The maximum Gasteiger partial charge on any atom is 0.273 e. The number of nitro benzene ring substituents is 1. The second-order valence-corrected chi connectivity index (χ2v) is 9.94. The van der Waals surface area contributed by atoms with Crippen molar-refractivity contribution in [2.75, 3.05) is 29.5 Å². The predicted octanol–water partition coefficient (Wildman–Crippen LogP) is 4.47. The Labute approximate surface area is 201 Å². The summed E-state index contributed by atoms with van der Waals surface area (Å²) in [5.41, 5.74) is 0.729. The zero-order chi connectivity index (χ0) is 24.9. The van der Waals surface area contributed by atoms with Gasteiger partial charge in [-0.25, -0.2) is 8.42 Å². The van der Waals surface area contributed by atoms with Crippen LogP contribution in [0.15, 0.2) is 76.5 Å². The Kier molecular flexibility index (Phi) is 7.79. The summed E-state index contributed by atoms with van der Waals surface area (Å²) >= 11 is 1.51. The molecule has 1 N–H and O–H groups in total. The van der Waals surface area contributed by atoms with E-state index in [1.807, 2.05) is 12.3 Å². The molecule has 0 aliphatic carbocycles. The van der Waals surface area contributed by atoms with E-state index in [-0.39, 0.29) is 16.3 Å². The number of hydrogen-bond donors (Lipinski definition) is 1. The first kappa shape index (κ1) is 25.1. The number of carbonyl (C=O) groups excluding carboxylic acids is 1. The fourth-order valence-corrected chi connectivity index (χ4v) is 5.07. The molecular weight excluding hydrogens is 478 g/mol. The molecule has 0 aliphatic heterocycles. The standard InChI is InChI=1S/C23H23N3O6S2/c1-16-7-12-21(14-22(16)26(28)29)34(30,31)25(18-8-10-19(32-2)11-9-18)15-23(27)24-17-5-4-6-20(13-17)33-3/h4-14H,15H2,1-3H3,(H,24,27). The monoisotopic (exact) mass is 501 g/mol. The number of anilines is 2. The third-order valence-electron chi connectivity index (χ3n) is 4.97. The maximum atomic E-state index is 13.6. The molecule has 0 heterocycles. The second-order valence-electron chi connectivity index (χ2n) is 7.20. The van der Waals surface area contributed by atoms with Crippen LogP contribution in [0.5, 0.6) is 5.75 Å². The van der Waals surface area contributed by atoms with E-state index in [9.17, 15) is 23.3 Å². The molecule has 178 valence electrons. The van der Waals surface area contributed by atoms with Crippen LogP contribution in [0, 0.1) is 17.0 Å². The van der Waals surface area contributed by atoms with E-state index in [4.69, 9.17) is 4.74 Å². The van der Waals surface area contributed by atoms with Gasteiger partial charge in [-0.15, -0.1) is 11.8 Å². The van der Waals surface area contributed by atoms with Crippen molar-refractivity contribution in [3.05, 3.63) is 82.4 Å². The molecule has 34 heavy (non-hydrogen) atoms. The van der Waals surface area contributed by atoms with Crippen LogP contribution in [0.3, 0.4) is 0 Å². The highest BCUT2D eigenvalue weighted by Gasteiger charge is 2.29. The van der Waals surface area contributed by atoms with Gasteiger partial charge in [0.2, 0.25) is 5.91 Å². The van der Waals surface area contributed by atoms with Crippen LogP contribution in [0.1, 0.15) is 5.56 Å². The van der Waals surface area contributed by atoms with Crippen molar-refractivity contribution in [1.82, 2.24) is 0 Å². The SMILES string of the molecule is COc1ccc(N(CC(=O)Nc2cccc(SC)c2)S(=O)(=O)c2ccc(C)c([N+](=O)[O-])c2)cc1. The van der Waals surface area contributed by atoms with Crippen molar-refractivity contribution in [3.63, 3.8) is 0 Å². The van der Waals surface area contributed by atoms with Crippen molar-refractivity contribution in [2.45, 2.75) is 16.7 Å². The van der Waals surface area contributed by atoms with Crippen LogP contribution in [0.4, 0.5) is 17.1 Å². The Morgan fingerprint density at radius 3 is 2.44 bits per heavy atom. The van der Waals surface area contributed by atoms with Crippen molar-refractivity contribution in [2.24, 2.45) is 0 Å². The van der Waals surface area contributed by atoms with Gasteiger partial charge in [-0.3, -0.25) is 19.2 Å². The summed E-state index contributed by atoms with van der Waals surface area (Å²) in [6, 6.07) is 16.9. The number of thioether (sulfide) groups is 1. The number of benzene rings is 3. The number of nitrogens with zero attached hydrogens (tertiary/aromatic N) is 2. The maximum absolute atomic E-state index is 13.6. The van der Waals surface area contributed by atoms with Gasteiger partial charge in [0, 0.05) is 22.2 Å². The molecule has 0 spiro atoms. The van der Waals surface area contributed by atoms with Crippen LogP contribution in [-0.2, 0) is 14.8 Å². The molecule has 3 aromatic carbocycles. The number of aryl methyl sites for hydroxylation is 1. The normalized spacial score (nSPS) is 11.0. The molecule has 3 aromatic rings. The average Bonchev–Trinajstić information content (AvgIpc) is 2.82. The number of carbonyl (C=O) groups is 1. The van der Waals surface area contributed by atoms with Gasteiger partial charge in [-0.2, -0.15) is 0 Å². The van der Waals surface area contributed by atoms with Crippen LogP contribution >= 0.6 is 11.8 Å². The lowest BCUT2D eigenvalue weighted by atomic mass is 10.2. The van der Waals surface area contributed by atoms with Gasteiger partial charge >= 0.3 is 0 Å². The minimum absolute atomic E-state index is 0.206. The minimum atomic E-state index is -4.32. The van der Waals surface area contributed by atoms with Gasteiger partial charge in [0.05, 0.1) is 22.6 Å². The number of rotatable bonds is 9. The van der Waals surface area contributed by atoms with E-state index in [1.165, 1.54) is 50.1 Å². The third kappa shape index (κ3) is 5.67. The molecule has 11 heteroatoms.